The highest BCUT2D eigenvalue weighted by Gasteiger charge is 2.19. The molecule has 0 aromatic carbocycles. The molecule has 9 heavy (non-hydrogen) atoms. The Hall–Kier alpha value is 1.00. The highest BCUT2D eigenvalue weighted by Crippen LogP contribution is 2.24. The van der Waals surface area contributed by atoms with Crippen molar-refractivity contribution in [1.29, 1.82) is 0 Å². The van der Waals surface area contributed by atoms with Crippen LogP contribution < -0.4 is 10.6 Å². The van der Waals surface area contributed by atoms with Gasteiger partial charge in [0, 0.05) is 0 Å². The number of nitrogens with one attached hydrogen (secondary N) is 2. The molecule has 0 saturated heterocycles. The van der Waals surface area contributed by atoms with Crippen LogP contribution in [0, 0.1) is 0 Å². The maximum atomic E-state index is 3.17. The van der Waals surface area contributed by atoms with Gasteiger partial charge < -0.3 is 0 Å². The summed E-state index contributed by atoms with van der Waals surface area (Å²) in [6.07, 6.45) is 0. The fourth-order valence-electron chi connectivity index (χ4n) is 0.468. The lowest BCUT2D eigenvalue weighted by Gasteiger charge is -2.24. The van der Waals surface area contributed by atoms with Crippen LogP contribution in [0.1, 0.15) is 6.92 Å². The van der Waals surface area contributed by atoms with E-state index in [0.717, 1.165) is 5.75 Å². The van der Waals surface area contributed by atoms with Crippen LogP contribution >= 0.6 is 34.4 Å². The van der Waals surface area contributed by atoms with Crippen molar-refractivity contribution >= 4 is 34.4 Å². The summed E-state index contributed by atoms with van der Waals surface area (Å²) in [6, 6.07) is 0. The molecule has 0 amide bonds. The molecule has 2 nitrogen and oxygen atoms in total. The van der Waals surface area contributed by atoms with Gasteiger partial charge in [0.2, 0.25) is 0 Å². The zero-order valence-electron chi connectivity index (χ0n) is 5.99. The molecule has 0 aliphatic rings. The van der Waals surface area contributed by atoms with E-state index in [1.54, 1.807) is 0 Å². The highest BCUT2D eigenvalue weighted by molar-refractivity contribution is 14.1. The Kier molecular flexibility index (Phi) is 5.29. The number of hydrogen-bond acceptors (Lipinski definition) is 3. The van der Waals surface area contributed by atoms with Gasteiger partial charge in [0.15, 0.2) is 3.00 Å². The van der Waals surface area contributed by atoms with E-state index >= 15 is 0 Å². The van der Waals surface area contributed by atoms with E-state index in [9.17, 15) is 0 Å². The summed E-state index contributed by atoms with van der Waals surface area (Å²) in [5.41, 5.74) is 0. The van der Waals surface area contributed by atoms with Gasteiger partial charge in [-0.05, 0) is 42.4 Å². The lowest BCUT2D eigenvalue weighted by atomic mass is 11.0. The number of alkyl halides is 1. The molecule has 0 saturated carbocycles. The molecule has 0 aromatic rings. The molecule has 0 aliphatic carbocycles. The molecule has 56 valence electrons. The molecule has 0 fully saturated rings. The van der Waals surface area contributed by atoms with Crippen LogP contribution in [0.2, 0.25) is 0 Å². The van der Waals surface area contributed by atoms with Crippen molar-refractivity contribution in [2.45, 2.75) is 9.93 Å². The topological polar surface area (TPSA) is 24.1 Å². The molecule has 0 unspecified atom stereocenters. The quantitative estimate of drug-likeness (QED) is 0.344. The fraction of sp³-hybridized carbons (Fsp3) is 1.00. The maximum Gasteiger partial charge on any atom is 0.169 e. The average Bonchev–Trinajstić information content (AvgIpc) is 1.89. The van der Waals surface area contributed by atoms with E-state index in [0.29, 0.717) is 0 Å². The van der Waals surface area contributed by atoms with E-state index < -0.39 is 0 Å². The Labute approximate surface area is 74.7 Å². The molecule has 0 heterocycles. The second kappa shape index (κ2) is 4.76. The summed E-state index contributed by atoms with van der Waals surface area (Å²) < 4.78 is 0.0203. The second-order valence-electron chi connectivity index (χ2n) is 1.53. The third kappa shape index (κ3) is 3.64. The van der Waals surface area contributed by atoms with Crippen molar-refractivity contribution in [3.8, 4) is 0 Å². The predicted octanol–water partition coefficient (Wildman–Crippen LogP) is 1.22. The summed E-state index contributed by atoms with van der Waals surface area (Å²) in [7, 11) is 3.90. The van der Waals surface area contributed by atoms with Gasteiger partial charge in [-0.15, -0.1) is 11.8 Å². The first kappa shape index (κ1) is 10.0. The van der Waals surface area contributed by atoms with Crippen molar-refractivity contribution in [3.05, 3.63) is 0 Å². The van der Waals surface area contributed by atoms with Crippen LogP contribution in [0.3, 0.4) is 0 Å². The number of thioether (sulfide) groups is 1. The molecule has 0 spiro atoms. The standard InChI is InChI=1S/C5H13IN2S/c1-4-9-5(6,7-2)8-3/h7-8H,4H2,1-3H3. The lowest BCUT2D eigenvalue weighted by molar-refractivity contribution is 0.632. The van der Waals surface area contributed by atoms with E-state index in [4.69, 9.17) is 0 Å². The molecule has 0 bridgehead atoms. The lowest BCUT2D eigenvalue weighted by Crippen LogP contribution is -2.44. The highest BCUT2D eigenvalue weighted by atomic mass is 127. The Morgan fingerprint density at radius 2 is 1.89 bits per heavy atom. The van der Waals surface area contributed by atoms with Crippen molar-refractivity contribution in [2.75, 3.05) is 19.8 Å². The zero-order chi connectivity index (χ0) is 7.33. The summed E-state index contributed by atoms with van der Waals surface area (Å²) in [5.74, 6) is 1.12. The maximum absolute atomic E-state index is 3.17. The van der Waals surface area contributed by atoms with Crippen LogP contribution in [0.15, 0.2) is 0 Å². The first-order chi connectivity index (χ1) is 4.18. The van der Waals surface area contributed by atoms with Gasteiger partial charge in [0.1, 0.15) is 0 Å². The third-order valence-electron chi connectivity index (χ3n) is 0.986. The fourth-order valence-corrected chi connectivity index (χ4v) is 2.09. The van der Waals surface area contributed by atoms with Crippen LogP contribution in [0.5, 0.6) is 0 Å². The Balaban J connectivity index is 3.62. The van der Waals surface area contributed by atoms with Gasteiger partial charge in [0.25, 0.3) is 0 Å². The Morgan fingerprint density at radius 1 is 1.44 bits per heavy atom. The van der Waals surface area contributed by atoms with Gasteiger partial charge in [-0.25, -0.2) is 0 Å². The van der Waals surface area contributed by atoms with Crippen LogP contribution in [0.25, 0.3) is 0 Å². The molecule has 0 radical (unpaired) electrons. The zero-order valence-corrected chi connectivity index (χ0v) is 8.97. The van der Waals surface area contributed by atoms with Gasteiger partial charge in [-0.3, -0.25) is 10.6 Å². The molecule has 4 heteroatoms. The second-order valence-corrected chi connectivity index (χ2v) is 5.36. The molecule has 0 aromatic heterocycles. The van der Waals surface area contributed by atoms with Crippen LogP contribution in [-0.2, 0) is 0 Å². The third-order valence-corrected chi connectivity index (χ3v) is 4.09. The minimum Gasteiger partial charge on any atom is -0.285 e. The van der Waals surface area contributed by atoms with Crippen molar-refractivity contribution < 1.29 is 0 Å². The van der Waals surface area contributed by atoms with Crippen molar-refractivity contribution in [3.63, 3.8) is 0 Å². The van der Waals surface area contributed by atoms with E-state index in [1.165, 1.54) is 0 Å². The Bertz CT molecular complexity index is 75.4. The molecule has 2 N–H and O–H groups in total. The smallest absolute Gasteiger partial charge is 0.169 e. The van der Waals surface area contributed by atoms with Crippen molar-refractivity contribution in [1.82, 2.24) is 10.6 Å². The first-order valence-corrected chi connectivity index (χ1v) is 4.95. The van der Waals surface area contributed by atoms with E-state index in [2.05, 4.69) is 40.1 Å². The monoisotopic (exact) mass is 260 g/mol. The first-order valence-electron chi connectivity index (χ1n) is 2.89. The normalized spacial score (nSPS) is 12.0. The summed E-state index contributed by atoms with van der Waals surface area (Å²) >= 11 is 4.19. The van der Waals surface area contributed by atoms with E-state index in [-0.39, 0.29) is 3.00 Å². The van der Waals surface area contributed by atoms with Gasteiger partial charge >= 0.3 is 0 Å². The SMILES string of the molecule is CCSC(I)(NC)NC. The molecule has 0 aliphatic heterocycles. The van der Waals surface area contributed by atoms with Crippen LogP contribution in [-0.4, -0.2) is 22.8 Å². The average molecular weight is 260 g/mol. The van der Waals surface area contributed by atoms with Crippen molar-refractivity contribution in [2.24, 2.45) is 0 Å². The van der Waals surface area contributed by atoms with Gasteiger partial charge in [-0.2, -0.15) is 0 Å². The number of halogens is 1. The molecule has 0 rings (SSSR count). The summed E-state index contributed by atoms with van der Waals surface area (Å²) in [5, 5.41) is 6.34. The Morgan fingerprint density at radius 3 is 2.00 bits per heavy atom. The number of hydrogen-bond donors (Lipinski definition) is 2. The molecule has 0 atom stereocenters. The van der Waals surface area contributed by atoms with Gasteiger partial charge in [-0.1, -0.05) is 6.92 Å². The predicted molar refractivity (Wildman–Crippen MR) is 53.0 cm³/mol. The van der Waals surface area contributed by atoms with E-state index in [1.807, 2.05) is 25.9 Å². The largest absolute Gasteiger partial charge is 0.285 e. The summed E-state index contributed by atoms with van der Waals surface area (Å²) in [6.45, 7) is 2.15. The minimum absolute atomic E-state index is 0.0203. The summed E-state index contributed by atoms with van der Waals surface area (Å²) in [4.78, 5) is 0. The minimum atomic E-state index is 0.0203. The number of rotatable bonds is 4. The molecular formula is C5H13IN2S. The van der Waals surface area contributed by atoms with Gasteiger partial charge in [0.05, 0.1) is 0 Å². The van der Waals surface area contributed by atoms with Crippen LogP contribution in [0.4, 0.5) is 0 Å². The molecular weight excluding hydrogens is 247 g/mol.